The number of ether oxygens (including phenoxy) is 1. The Hall–Kier alpha value is -2.38. The highest BCUT2D eigenvalue weighted by atomic mass is 32.2. The summed E-state index contributed by atoms with van der Waals surface area (Å²) < 4.78 is 32.9. The molecule has 1 heterocycles. The highest BCUT2D eigenvalue weighted by molar-refractivity contribution is 7.89. The van der Waals surface area contributed by atoms with Crippen molar-refractivity contribution in [2.75, 3.05) is 13.2 Å². The lowest BCUT2D eigenvalue weighted by Gasteiger charge is -2.25. The first-order valence-electron chi connectivity index (χ1n) is 7.49. The van der Waals surface area contributed by atoms with Crippen molar-refractivity contribution >= 4 is 16.0 Å². The minimum absolute atomic E-state index is 0.0253. The number of carbonyl (C=O) groups is 1. The zero-order valence-corrected chi connectivity index (χ0v) is 13.6. The summed E-state index contributed by atoms with van der Waals surface area (Å²) in [5.74, 6) is -0.299. The van der Waals surface area contributed by atoms with Crippen molar-refractivity contribution in [3.05, 3.63) is 59.7 Å². The summed E-state index contributed by atoms with van der Waals surface area (Å²) in [6.07, 6.45) is 0.730. The van der Waals surface area contributed by atoms with E-state index in [9.17, 15) is 13.2 Å². The van der Waals surface area contributed by atoms with Gasteiger partial charge in [-0.3, -0.25) is 0 Å². The van der Waals surface area contributed by atoms with Crippen molar-refractivity contribution in [3.63, 3.8) is 0 Å². The van der Waals surface area contributed by atoms with Gasteiger partial charge in [0.15, 0.2) is 0 Å². The van der Waals surface area contributed by atoms with Crippen molar-refractivity contribution in [2.24, 2.45) is 5.92 Å². The van der Waals surface area contributed by atoms with Gasteiger partial charge in [-0.1, -0.05) is 24.3 Å². The van der Waals surface area contributed by atoms with E-state index >= 15 is 0 Å². The minimum atomic E-state index is -3.76. The van der Waals surface area contributed by atoms with Gasteiger partial charge in [-0.2, -0.15) is 0 Å². The molecule has 0 radical (unpaired) electrons. The second kappa shape index (κ2) is 6.62. The molecule has 126 valence electrons. The van der Waals surface area contributed by atoms with Gasteiger partial charge >= 0.3 is 5.97 Å². The number of hydrogen-bond acceptors (Lipinski definition) is 4. The van der Waals surface area contributed by atoms with Crippen molar-refractivity contribution in [1.82, 2.24) is 4.72 Å². The number of aromatic carboxylic acids is 1. The van der Waals surface area contributed by atoms with Crippen LogP contribution in [0, 0.1) is 5.92 Å². The topological polar surface area (TPSA) is 92.7 Å². The molecule has 0 aromatic heterocycles. The predicted molar refractivity (Wildman–Crippen MR) is 87.7 cm³/mol. The van der Waals surface area contributed by atoms with Crippen LogP contribution in [0.1, 0.15) is 15.9 Å². The maximum atomic E-state index is 12.4. The molecule has 0 bridgehead atoms. The summed E-state index contributed by atoms with van der Waals surface area (Å²) in [5, 5.41) is 8.97. The second-order valence-electron chi connectivity index (χ2n) is 5.67. The molecule has 0 saturated heterocycles. The standard InChI is InChI=1S/C17H17NO5S/c19-17(20)14-5-3-6-15(9-14)24(21,22)18-10-12-8-13-4-1-2-7-16(13)23-11-12/h1-7,9,12,18H,8,10-11H2,(H,19,20)/t12-/m0/s1. The predicted octanol–water partition coefficient (Wildman–Crippen LogP) is 1.91. The Labute approximate surface area is 140 Å². The van der Waals surface area contributed by atoms with Crippen molar-refractivity contribution in [2.45, 2.75) is 11.3 Å². The first kappa shape index (κ1) is 16.5. The second-order valence-corrected chi connectivity index (χ2v) is 7.44. The minimum Gasteiger partial charge on any atom is -0.493 e. The van der Waals surface area contributed by atoms with Crippen LogP contribution in [-0.2, 0) is 16.4 Å². The molecule has 2 N–H and O–H groups in total. The molecule has 7 heteroatoms. The third-order valence-electron chi connectivity index (χ3n) is 3.91. The molecule has 3 rings (SSSR count). The van der Waals surface area contributed by atoms with Crippen LogP contribution in [0.25, 0.3) is 0 Å². The van der Waals surface area contributed by atoms with E-state index in [1.54, 1.807) is 0 Å². The largest absolute Gasteiger partial charge is 0.493 e. The average Bonchev–Trinajstić information content (AvgIpc) is 2.60. The molecular formula is C17H17NO5S. The molecule has 0 fully saturated rings. The Morgan fingerprint density at radius 3 is 2.79 bits per heavy atom. The molecule has 1 atom stereocenters. The molecule has 0 spiro atoms. The molecule has 2 aromatic carbocycles. The zero-order valence-electron chi connectivity index (χ0n) is 12.8. The number of fused-ring (bicyclic) bond motifs is 1. The smallest absolute Gasteiger partial charge is 0.335 e. The Morgan fingerprint density at radius 1 is 1.21 bits per heavy atom. The van der Waals surface area contributed by atoms with Gasteiger partial charge in [0.05, 0.1) is 17.1 Å². The molecule has 0 aliphatic carbocycles. The van der Waals surface area contributed by atoms with Crippen LogP contribution in [0.5, 0.6) is 5.75 Å². The van der Waals surface area contributed by atoms with Crippen molar-refractivity contribution < 1.29 is 23.1 Å². The lowest BCUT2D eigenvalue weighted by atomic mass is 9.97. The summed E-state index contributed by atoms with van der Waals surface area (Å²) in [5.41, 5.74) is 0.994. The van der Waals surface area contributed by atoms with Gasteiger partial charge in [-0.25, -0.2) is 17.9 Å². The van der Waals surface area contributed by atoms with Crippen LogP contribution in [0.4, 0.5) is 0 Å². The Bertz CT molecular complexity index is 863. The number of carboxylic acid groups (broad SMARTS) is 1. The van der Waals surface area contributed by atoms with Crippen LogP contribution in [0.15, 0.2) is 53.4 Å². The first-order chi connectivity index (χ1) is 11.5. The van der Waals surface area contributed by atoms with Gasteiger partial charge in [-0.15, -0.1) is 0 Å². The lowest BCUT2D eigenvalue weighted by molar-refractivity contribution is 0.0696. The fourth-order valence-corrected chi connectivity index (χ4v) is 3.79. The van der Waals surface area contributed by atoms with E-state index in [0.717, 1.165) is 23.8 Å². The zero-order chi connectivity index (χ0) is 17.2. The summed E-state index contributed by atoms with van der Waals surface area (Å²) in [6, 6.07) is 13.0. The van der Waals surface area contributed by atoms with Crippen LogP contribution in [0.2, 0.25) is 0 Å². The Morgan fingerprint density at radius 2 is 2.00 bits per heavy atom. The van der Waals surface area contributed by atoms with E-state index in [4.69, 9.17) is 9.84 Å². The van der Waals surface area contributed by atoms with Gasteiger partial charge in [0.2, 0.25) is 10.0 Å². The van der Waals surface area contributed by atoms with E-state index in [1.807, 2.05) is 24.3 Å². The van der Waals surface area contributed by atoms with Crippen LogP contribution in [0.3, 0.4) is 0 Å². The summed E-state index contributed by atoms with van der Waals surface area (Å²) >= 11 is 0. The van der Waals surface area contributed by atoms with E-state index in [0.29, 0.717) is 6.61 Å². The molecular weight excluding hydrogens is 330 g/mol. The fourth-order valence-electron chi connectivity index (χ4n) is 2.63. The third kappa shape index (κ3) is 3.58. The van der Waals surface area contributed by atoms with Gasteiger partial charge in [0, 0.05) is 12.5 Å². The normalized spacial score (nSPS) is 16.9. The summed E-state index contributed by atoms with van der Waals surface area (Å²) in [4.78, 5) is 10.9. The van der Waals surface area contributed by atoms with Crippen LogP contribution < -0.4 is 9.46 Å². The maximum Gasteiger partial charge on any atom is 0.335 e. The molecule has 0 unspecified atom stereocenters. The number of hydrogen-bond donors (Lipinski definition) is 2. The number of rotatable bonds is 5. The van der Waals surface area contributed by atoms with E-state index in [2.05, 4.69) is 4.72 Å². The number of para-hydroxylation sites is 1. The number of benzene rings is 2. The van der Waals surface area contributed by atoms with Gasteiger partial charge in [0.1, 0.15) is 5.75 Å². The molecule has 2 aromatic rings. The first-order valence-corrected chi connectivity index (χ1v) is 8.98. The number of sulfonamides is 1. The highest BCUT2D eigenvalue weighted by Crippen LogP contribution is 2.26. The summed E-state index contributed by atoms with van der Waals surface area (Å²) in [6.45, 7) is 0.669. The SMILES string of the molecule is O=C(O)c1cccc(S(=O)(=O)NC[C@H]2COc3ccccc3C2)c1. The van der Waals surface area contributed by atoms with E-state index in [1.165, 1.54) is 18.2 Å². The van der Waals surface area contributed by atoms with Crippen molar-refractivity contribution in [3.8, 4) is 5.75 Å². The van der Waals surface area contributed by atoms with Gasteiger partial charge in [-0.05, 0) is 36.2 Å². The fraction of sp³-hybridized carbons (Fsp3) is 0.235. The van der Waals surface area contributed by atoms with Gasteiger partial charge in [0.25, 0.3) is 0 Å². The lowest BCUT2D eigenvalue weighted by Crippen LogP contribution is -2.34. The summed E-state index contributed by atoms with van der Waals surface area (Å²) in [7, 11) is -3.76. The molecule has 6 nitrogen and oxygen atoms in total. The third-order valence-corrected chi connectivity index (χ3v) is 5.33. The molecule has 0 amide bonds. The maximum absolute atomic E-state index is 12.4. The molecule has 1 aliphatic heterocycles. The average molecular weight is 347 g/mol. The molecule has 24 heavy (non-hydrogen) atoms. The Balaban J connectivity index is 1.68. The van der Waals surface area contributed by atoms with Crippen LogP contribution in [-0.4, -0.2) is 32.6 Å². The molecule has 1 aliphatic rings. The van der Waals surface area contributed by atoms with Gasteiger partial charge < -0.3 is 9.84 Å². The van der Waals surface area contributed by atoms with E-state index < -0.39 is 16.0 Å². The molecule has 0 saturated carbocycles. The number of carboxylic acids is 1. The quantitative estimate of drug-likeness (QED) is 0.862. The van der Waals surface area contributed by atoms with Crippen LogP contribution >= 0.6 is 0 Å². The monoisotopic (exact) mass is 347 g/mol. The highest BCUT2D eigenvalue weighted by Gasteiger charge is 2.22. The Kier molecular flexibility index (Phi) is 4.55. The number of nitrogens with one attached hydrogen (secondary N) is 1. The van der Waals surface area contributed by atoms with E-state index in [-0.39, 0.29) is 22.9 Å². The van der Waals surface area contributed by atoms with Crippen molar-refractivity contribution in [1.29, 1.82) is 0 Å².